The molecule has 2 aromatic carbocycles. The third-order valence-electron chi connectivity index (χ3n) is 4.33. The molecule has 0 radical (unpaired) electrons. The molecular weight excluding hydrogens is 356 g/mol. The van der Waals surface area contributed by atoms with Gasteiger partial charge in [-0.15, -0.1) is 0 Å². The summed E-state index contributed by atoms with van der Waals surface area (Å²) in [6.07, 6.45) is 0. The second-order valence-corrected chi connectivity index (χ2v) is 6.58. The van der Waals surface area contributed by atoms with E-state index >= 15 is 0 Å². The summed E-state index contributed by atoms with van der Waals surface area (Å²) >= 11 is 0. The summed E-state index contributed by atoms with van der Waals surface area (Å²) < 4.78 is 10.7. The Kier molecular flexibility index (Phi) is 6.57. The maximum atomic E-state index is 12.4. The summed E-state index contributed by atoms with van der Waals surface area (Å²) in [6.45, 7) is 4.32. The van der Waals surface area contributed by atoms with E-state index in [9.17, 15) is 4.79 Å². The van der Waals surface area contributed by atoms with E-state index in [1.54, 1.807) is 12.1 Å². The lowest BCUT2D eigenvalue weighted by molar-refractivity contribution is 0.0724. The molecule has 1 amide bonds. The summed E-state index contributed by atoms with van der Waals surface area (Å²) in [5.74, 6) is 0.558. The number of rotatable bonds is 8. The van der Waals surface area contributed by atoms with Crippen molar-refractivity contribution in [2.24, 2.45) is 0 Å². The first kappa shape index (κ1) is 19.8. The van der Waals surface area contributed by atoms with E-state index < -0.39 is 0 Å². The highest BCUT2D eigenvalue weighted by Gasteiger charge is 2.17. The zero-order valence-electron chi connectivity index (χ0n) is 16.0. The number of carbonyl (C=O) groups is 1. The summed E-state index contributed by atoms with van der Waals surface area (Å²) in [4.78, 5) is 12.4. The van der Waals surface area contributed by atoms with Crippen LogP contribution in [0.5, 0.6) is 0 Å². The highest BCUT2D eigenvalue weighted by molar-refractivity contribution is 5.95. The molecule has 6 nitrogen and oxygen atoms in total. The fraction of sp³-hybridized carbons (Fsp3) is 0.273. The van der Waals surface area contributed by atoms with Gasteiger partial charge in [0.25, 0.3) is 5.91 Å². The Hall–Kier alpha value is -2.96. The minimum absolute atomic E-state index is 0.0324. The lowest BCUT2D eigenvalue weighted by Gasteiger charge is -2.14. The maximum Gasteiger partial charge on any atom is 0.251 e. The minimum Gasteiger partial charge on any atom is -0.394 e. The van der Waals surface area contributed by atoms with E-state index in [0.29, 0.717) is 12.2 Å². The number of aliphatic hydroxyl groups excluding tert-OH is 1. The molecule has 0 aliphatic rings. The van der Waals surface area contributed by atoms with Crippen molar-refractivity contribution in [3.63, 3.8) is 0 Å². The number of carbonyl (C=O) groups excluding carboxylic acids is 1. The van der Waals surface area contributed by atoms with Crippen molar-refractivity contribution in [1.82, 2.24) is 10.5 Å². The largest absolute Gasteiger partial charge is 0.394 e. The molecule has 28 heavy (non-hydrogen) atoms. The van der Waals surface area contributed by atoms with Crippen LogP contribution in [0, 0.1) is 6.92 Å². The SMILES string of the molecule is Cc1onc(-c2ccccc2)c1-c1ccc(C(=O)N[C@@H](C)COCCO)cc1. The molecule has 0 saturated heterocycles. The van der Waals surface area contributed by atoms with Crippen LogP contribution < -0.4 is 5.32 Å². The second kappa shape index (κ2) is 9.30. The van der Waals surface area contributed by atoms with Gasteiger partial charge in [0.05, 0.1) is 25.4 Å². The average Bonchev–Trinajstić information content (AvgIpc) is 3.10. The van der Waals surface area contributed by atoms with Gasteiger partial charge in [0, 0.05) is 17.2 Å². The first-order valence-electron chi connectivity index (χ1n) is 9.21. The van der Waals surface area contributed by atoms with E-state index in [2.05, 4.69) is 10.5 Å². The smallest absolute Gasteiger partial charge is 0.251 e. The van der Waals surface area contributed by atoms with Crippen LogP contribution in [0.25, 0.3) is 22.4 Å². The van der Waals surface area contributed by atoms with E-state index in [1.165, 1.54) is 0 Å². The molecule has 0 bridgehead atoms. The van der Waals surface area contributed by atoms with Crippen molar-refractivity contribution in [2.45, 2.75) is 19.9 Å². The molecule has 3 rings (SSSR count). The number of aryl methyl sites for hydroxylation is 1. The van der Waals surface area contributed by atoms with Gasteiger partial charge in [-0.3, -0.25) is 4.79 Å². The number of hydrogen-bond donors (Lipinski definition) is 2. The van der Waals surface area contributed by atoms with Crippen LogP contribution in [0.15, 0.2) is 59.1 Å². The van der Waals surface area contributed by atoms with Crippen LogP contribution >= 0.6 is 0 Å². The standard InChI is InChI=1S/C22H24N2O4/c1-15(14-27-13-12-25)23-22(26)19-10-8-17(9-11-19)20-16(2)28-24-21(20)18-6-4-3-5-7-18/h3-11,15,25H,12-14H2,1-2H3,(H,23,26)/t15-/m0/s1. The van der Waals surface area contributed by atoms with Crippen LogP contribution in [0.1, 0.15) is 23.0 Å². The number of benzene rings is 2. The fourth-order valence-corrected chi connectivity index (χ4v) is 2.97. The fourth-order valence-electron chi connectivity index (χ4n) is 2.97. The monoisotopic (exact) mass is 380 g/mol. The highest BCUT2D eigenvalue weighted by atomic mass is 16.5. The van der Waals surface area contributed by atoms with Crippen LogP contribution in [0.2, 0.25) is 0 Å². The van der Waals surface area contributed by atoms with Gasteiger partial charge in [-0.05, 0) is 31.5 Å². The van der Waals surface area contributed by atoms with Crippen molar-refractivity contribution in [3.05, 3.63) is 65.9 Å². The van der Waals surface area contributed by atoms with Gasteiger partial charge < -0.3 is 19.7 Å². The van der Waals surface area contributed by atoms with Gasteiger partial charge >= 0.3 is 0 Å². The molecule has 1 aromatic heterocycles. The summed E-state index contributed by atoms with van der Waals surface area (Å²) in [5.41, 5.74) is 4.18. The van der Waals surface area contributed by atoms with Gasteiger partial charge in [-0.1, -0.05) is 47.6 Å². The van der Waals surface area contributed by atoms with Crippen LogP contribution in [0.3, 0.4) is 0 Å². The summed E-state index contributed by atoms with van der Waals surface area (Å²) in [5, 5.41) is 15.8. The van der Waals surface area contributed by atoms with Crippen molar-refractivity contribution in [3.8, 4) is 22.4 Å². The molecule has 0 aliphatic heterocycles. The number of ether oxygens (including phenoxy) is 1. The Bertz CT molecular complexity index is 904. The van der Waals surface area contributed by atoms with Crippen molar-refractivity contribution in [1.29, 1.82) is 0 Å². The lowest BCUT2D eigenvalue weighted by Crippen LogP contribution is -2.36. The van der Waals surface area contributed by atoms with Crippen molar-refractivity contribution >= 4 is 5.91 Å². The molecule has 0 fully saturated rings. The Morgan fingerprint density at radius 1 is 1.14 bits per heavy atom. The molecule has 3 aromatic rings. The Morgan fingerprint density at radius 3 is 2.54 bits per heavy atom. The van der Waals surface area contributed by atoms with Gasteiger partial charge in [0.15, 0.2) is 0 Å². The molecule has 0 spiro atoms. The first-order chi connectivity index (χ1) is 13.6. The molecule has 1 atom stereocenters. The quantitative estimate of drug-likeness (QED) is 0.585. The van der Waals surface area contributed by atoms with E-state index in [-0.39, 0.29) is 25.2 Å². The molecule has 1 heterocycles. The summed E-state index contributed by atoms with van der Waals surface area (Å²) in [7, 11) is 0. The molecule has 0 unspecified atom stereocenters. The van der Waals surface area contributed by atoms with E-state index in [4.69, 9.17) is 14.4 Å². The van der Waals surface area contributed by atoms with Crippen LogP contribution in [-0.2, 0) is 4.74 Å². The average molecular weight is 380 g/mol. The predicted molar refractivity (Wildman–Crippen MR) is 107 cm³/mol. The van der Waals surface area contributed by atoms with Crippen LogP contribution in [-0.4, -0.2) is 42.0 Å². The first-order valence-corrected chi connectivity index (χ1v) is 9.21. The number of hydrogen-bond acceptors (Lipinski definition) is 5. The molecule has 0 saturated carbocycles. The van der Waals surface area contributed by atoms with Gasteiger partial charge in [-0.25, -0.2) is 0 Å². The van der Waals surface area contributed by atoms with E-state index in [0.717, 1.165) is 28.1 Å². The normalized spacial score (nSPS) is 12.0. The van der Waals surface area contributed by atoms with Gasteiger partial charge in [0.1, 0.15) is 11.5 Å². The van der Waals surface area contributed by atoms with Gasteiger partial charge in [-0.2, -0.15) is 0 Å². The highest BCUT2D eigenvalue weighted by Crippen LogP contribution is 2.34. The third kappa shape index (κ3) is 4.65. The van der Waals surface area contributed by atoms with Crippen LogP contribution in [0.4, 0.5) is 0 Å². The summed E-state index contributed by atoms with van der Waals surface area (Å²) in [6, 6.07) is 17.1. The second-order valence-electron chi connectivity index (χ2n) is 6.58. The zero-order chi connectivity index (χ0) is 19.9. The third-order valence-corrected chi connectivity index (χ3v) is 4.33. The molecule has 2 N–H and O–H groups in total. The number of amides is 1. The molecule has 0 aliphatic carbocycles. The van der Waals surface area contributed by atoms with Crippen molar-refractivity contribution < 1.29 is 19.2 Å². The van der Waals surface area contributed by atoms with E-state index in [1.807, 2.05) is 56.3 Å². The Morgan fingerprint density at radius 2 is 1.86 bits per heavy atom. The molecule has 146 valence electrons. The van der Waals surface area contributed by atoms with Crippen molar-refractivity contribution in [2.75, 3.05) is 19.8 Å². The number of nitrogens with zero attached hydrogens (tertiary/aromatic N) is 1. The Labute approximate surface area is 164 Å². The maximum absolute atomic E-state index is 12.4. The van der Waals surface area contributed by atoms with Gasteiger partial charge in [0.2, 0.25) is 0 Å². The molecule has 6 heteroatoms. The topological polar surface area (TPSA) is 84.6 Å². The predicted octanol–water partition coefficient (Wildman–Crippen LogP) is 3.44. The lowest BCUT2D eigenvalue weighted by atomic mass is 9.98. The molecular formula is C22H24N2O4. The Balaban J connectivity index is 1.75. The number of aromatic nitrogens is 1. The zero-order valence-corrected chi connectivity index (χ0v) is 16.0. The minimum atomic E-state index is -0.169. The number of nitrogens with one attached hydrogen (secondary N) is 1. The number of aliphatic hydroxyl groups is 1.